The topological polar surface area (TPSA) is 78.5 Å². The lowest BCUT2D eigenvalue weighted by molar-refractivity contribution is 0.238. The van der Waals surface area contributed by atoms with Gasteiger partial charge in [0.25, 0.3) is 10.0 Å². The van der Waals surface area contributed by atoms with Gasteiger partial charge < -0.3 is 5.32 Å². The van der Waals surface area contributed by atoms with Crippen LogP contribution in [0.15, 0.2) is 47.4 Å². The van der Waals surface area contributed by atoms with Crippen LogP contribution in [0, 0.1) is 0 Å². The van der Waals surface area contributed by atoms with Gasteiger partial charge in [-0.2, -0.15) is 0 Å². The summed E-state index contributed by atoms with van der Waals surface area (Å²) in [6, 6.07) is 11.6. The molecule has 29 heavy (non-hydrogen) atoms. The first kappa shape index (κ1) is 20.0. The van der Waals surface area contributed by atoms with Crippen LogP contribution in [-0.2, 0) is 16.4 Å². The Morgan fingerprint density at radius 2 is 1.86 bits per heavy atom. The van der Waals surface area contributed by atoms with Gasteiger partial charge in [0, 0.05) is 23.3 Å². The minimum absolute atomic E-state index is 0.0942. The van der Waals surface area contributed by atoms with Gasteiger partial charge >= 0.3 is 6.03 Å². The molecule has 4 rings (SSSR count). The van der Waals surface area contributed by atoms with Gasteiger partial charge in [-0.25, -0.2) is 13.2 Å². The maximum absolute atomic E-state index is 12.7. The summed E-state index contributed by atoms with van der Waals surface area (Å²) in [6.07, 6.45) is 6.23. The summed E-state index contributed by atoms with van der Waals surface area (Å²) in [5, 5.41) is 3.59. The van der Waals surface area contributed by atoms with Crippen molar-refractivity contribution in [2.24, 2.45) is 0 Å². The fourth-order valence-corrected chi connectivity index (χ4v) is 5.31. The van der Waals surface area contributed by atoms with E-state index in [1.54, 1.807) is 41.3 Å². The smallest absolute Gasteiger partial charge is 0.322 e. The molecule has 2 amide bonds. The molecule has 0 spiro atoms. The van der Waals surface area contributed by atoms with Gasteiger partial charge in [-0.1, -0.05) is 36.9 Å². The largest absolute Gasteiger partial charge is 0.335 e. The number of amides is 2. The SMILES string of the molecule is O=C(NC1CCCCC1)N1CCc2cc(S(=O)(=O)Nc3cccc(Cl)c3)ccc21. The standard InChI is InChI=1S/C21H24ClN3O3S/c22-16-5-4-8-18(14-16)24-29(27,28)19-9-10-20-15(13-19)11-12-25(20)21(26)23-17-6-2-1-3-7-17/h4-5,8-10,13-14,17,24H,1-3,6-7,11-12H2,(H,23,26). The van der Waals surface area contributed by atoms with Crippen molar-refractivity contribution < 1.29 is 13.2 Å². The number of hydrogen-bond donors (Lipinski definition) is 2. The third kappa shape index (κ3) is 4.51. The van der Waals surface area contributed by atoms with Crippen LogP contribution in [0.2, 0.25) is 5.02 Å². The second-order valence-corrected chi connectivity index (χ2v) is 9.71. The minimum atomic E-state index is -3.74. The number of benzene rings is 2. The fourth-order valence-electron chi connectivity index (χ4n) is 4.02. The van der Waals surface area contributed by atoms with E-state index in [9.17, 15) is 13.2 Å². The van der Waals surface area contributed by atoms with Gasteiger partial charge in [0.2, 0.25) is 0 Å². The van der Waals surface area contributed by atoms with E-state index in [4.69, 9.17) is 11.6 Å². The van der Waals surface area contributed by atoms with E-state index in [2.05, 4.69) is 10.0 Å². The van der Waals surface area contributed by atoms with E-state index in [1.807, 2.05) is 0 Å². The van der Waals surface area contributed by atoms with Gasteiger partial charge in [0.05, 0.1) is 10.6 Å². The Morgan fingerprint density at radius 1 is 1.07 bits per heavy atom. The first-order chi connectivity index (χ1) is 13.9. The van der Waals surface area contributed by atoms with Crippen LogP contribution in [-0.4, -0.2) is 27.0 Å². The normalized spacial score (nSPS) is 17.1. The highest BCUT2D eigenvalue weighted by Gasteiger charge is 2.28. The predicted molar refractivity (Wildman–Crippen MR) is 115 cm³/mol. The Morgan fingerprint density at radius 3 is 2.62 bits per heavy atom. The molecule has 0 unspecified atom stereocenters. The van der Waals surface area contributed by atoms with Gasteiger partial charge in [-0.15, -0.1) is 0 Å². The molecule has 1 fully saturated rings. The Balaban J connectivity index is 1.49. The van der Waals surface area contributed by atoms with Gasteiger partial charge in [-0.05, 0) is 61.2 Å². The van der Waals surface area contributed by atoms with Crippen LogP contribution < -0.4 is 14.9 Å². The maximum atomic E-state index is 12.7. The summed E-state index contributed by atoms with van der Waals surface area (Å²) in [5.41, 5.74) is 2.05. The number of halogens is 1. The maximum Gasteiger partial charge on any atom is 0.322 e. The van der Waals surface area contributed by atoms with Gasteiger partial charge in [-0.3, -0.25) is 9.62 Å². The number of rotatable bonds is 4. The summed E-state index contributed by atoms with van der Waals surface area (Å²) < 4.78 is 28.0. The average molecular weight is 434 g/mol. The number of carbonyl (C=O) groups is 1. The Kier molecular flexibility index (Phi) is 5.69. The Hall–Kier alpha value is -2.25. The van der Waals surface area contributed by atoms with Crippen molar-refractivity contribution in [2.75, 3.05) is 16.2 Å². The molecule has 2 N–H and O–H groups in total. The highest BCUT2D eigenvalue weighted by Crippen LogP contribution is 2.31. The van der Waals surface area contributed by atoms with Crippen molar-refractivity contribution in [1.29, 1.82) is 0 Å². The molecule has 1 aliphatic carbocycles. The second-order valence-electron chi connectivity index (χ2n) is 7.59. The zero-order valence-electron chi connectivity index (χ0n) is 16.0. The lowest BCUT2D eigenvalue weighted by Gasteiger charge is -2.26. The van der Waals surface area contributed by atoms with Crippen molar-refractivity contribution in [1.82, 2.24) is 5.32 Å². The molecule has 0 saturated heterocycles. The second kappa shape index (κ2) is 8.24. The van der Waals surface area contributed by atoms with Crippen LogP contribution in [0.25, 0.3) is 0 Å². The number of sulfonamides is 1. The van der Waals surface area contributed by atoms with E-state index < -0.39 is 10.0 Å². The summed E-state index contributed by atoms with van der Waals surface area (Å²) >= 11 is 5.93. The van der Waals surface area contributed by atoms with Gasteiger partial charge in [0.15, 0.2) is 0 Å². The van der Waals surface area contributed by atoms with Crippen molar-refractivity contribution in [3.05, 3.63) is 53.1 Å². The first-order valence-corrected chi connectivity index (χ1v) is 11.8. The van der Waals surface area contributed by atoms with Crippen LogP contribution in [0.3, 0.4) is 0 Å². The van der Waals surface area contributed by atoms with E-state index >= 15 is 0 Å². The summed E-state index contributed by atoms with van der Waals surface area (Å²) in [6.45, 7) is 0.555. The number of urea groups is 1. The van der Waals surface area contributed by atoms with Crippen molar-refractivity contribution in [3.63, 3.8) is 0 Å². The van der Waals surface area contributed by atoms with Crippen LogP contribution in [0.1, 0.15) is 37.7 Å². The molecule has 1 aliphatic heterocycles. The van der Waals surface area contributed by atoms with Crippen molar-refractivity contribution in [2.45, 2.75) is 49.5 Å². The molecule has 0 atom stereocenters. The molecular weight excluding hydrogens is 410 g/mol. The zero-order chi connectivity index (χ0) is 20.4. The molecular formula is C21H24ClN3O3S. The molecule has 8 heteroatoms. The lowest BCUT2D eigenvalue weighted by Crippen LogP contribution is -2.45. The highest BCUT2D eigenvalue weighted by atomic mass is 35.5. The minimum Gasteiger partial charge on any atom is -0.335 e. The average Bonchev–Trinajstić information content (AvgIpc) is 3.12. The fraction of sp³-hybridized carbons (Fsp3) is 0.381. The summed E-state index contributed by atoms with van der Waals surface area (Å²) in [4.78, 5) is 14.6. The Bertz CT molecular complexity index is 1020. The zero-order valence-corrected chi connectivity index (χ0v) is 17.6. The molecule has 2 aromatic rings. The molecule has 0 aromatic heterocycles. The third-order valence-electron chi connectivity index (χ3n) is 5.51. The van der Waals surface area contributed by atoms with Crippen LogP contribution >= 0.6 is 11.6 Å². The van der Waals surface area contributed by atoms with Crippen LogP contribution in [0.5, 0.6) is 0 Å². The number of carbonyl (C=O) groups excluding carboxylic acids is 1. The first-order valence-electron chi connectivity index (χ1n) is 9.92. The molecule has 2 aromatic carbocycles. The number of nitrogens with zero attached hydrogens (tertiary/aromatic N) is 1. The number of hydrogen-bond acceptors (Lipinski definition) is 3. The van der Waals surface area contributed by atoms with E-state index in [1.165, 1.54) is 12.5 Å². The molecule has 2 aliphatic rings. The molecule has 6 nitrogen and oxygen atoms in total. The Labute approximate surface area is 176 Å². The number of fused-ring (bicyclic) bond motifs is 1. The lowest BCUT2D eigenvalue weighted by atomic mass is 9.96. The van der Waals surface area contributed by atoms with Crippen molar-refractivity contribution >= 4 is 39.0 Å². The monoisotopic (exact) mass is 433 g/mol. The molecule has 1 heterocycles. The van der Waals surface area contributed by atoms with E-state index in [0.717, 1.165) is 36.9 Å². The number of anilines is 2. The molecule has 1 saturated carbocycles. The molecule has 0 bridgehead atoms. The van der Waals surface area contributed by atoms with Crippen molar-refractivity contribution in [3.8, 4) is 0 Å². The molecule has 154 valence electrons. The number of nitrogens with one attached hydrogen (secondary N) is 2. The summed E-state index contributed by atoms with van der Waals surface area (Å²) in [7, 11) is -3.74. The van der Waals surface area contributed by atoms with E-state index in [-0.39, 0.29) is 17.0 Å². The van der Waals surface area contributed by atoms with Crippen LogP contribution in [0.4, 0.5) is 16.2 Å². The predicted octanol–water partition coefficient (Wildman–Crippen LogP) is 4.55. The van der Waals surface area contributed by atoms with Gasteiger partial charge in [0.1, 0.15) is 0 Å². The highest BCUT2D eigenvalue weighted by molar-refractivity contribution is 7.92. The molecule has 0 radical (unpaired) electrons. The quantitative estimate of drug-likeness (QED) is 0.742. The summed E-state index contributed by atoms with van der Waals surface area (Å²) in [5.74, 6) is 0. The van der Waals surface area contributed by atoms with E-state index in [0.29, 0.717) is 23.7 Å². The third-order valence-corrected chi connectivity index (χ3v) is 7.13.